The van der Waals surface area contributed by atoms with Crippen molar-refractivity contribution in [2.45, 2.75) is 24.9 Å². The predicted octanol–water partition coefficient (Wildman–Crippen LogP) is -0.237. The molecule has 2 amide bonds. The van der Waals surface area contributed by atoms with Gasteiger partial charge in [-0.2, -0.15) is 10.5 Å². The van der Waals surface area contributed by atoms with Crippen LogP contribution in [-0.4, -0.2) is 39.8 Å². The molecule has 1 saturated heterocycles. The van der Waals surface area contributed by atoms with Gasteiger partial charge in [0, 0.05) is 19.0 Å². The maximum atomic E-state index is 12.0. The van der Waals surface area contributed by atoms with Crippen molar-refractivity contribution in [2.75, 3.05) is 0 Å². The molecule has 2 aliphatic rings. The molecule has 0 N–H and O–H groups in total. The Morgan fingerprint density at radius 2 is 1.95 bits per heavy atom. The van der Waals surface area contributed by atoms with Crippen molar-refractivity contribution in [2.24, 2.45) is 0 Å². The number of amides is 2. The Balaban J connectivity index is 2.13. The van der Waals surface area contributed by atoms with Crippen LogP contribution in [0.1, 0.15) is 12.8 Å². The first-order valence-corrected chi connectivity index (χ1v) is 6.07. The van der Waals surface area contributed by atoms with E-state index in [1.165, 1.54) is 17.2 Å². The number of rotatable bonds is 3. The fraction of sp³-hybridized carbons (Fsp3) is 0.308. The lowest BCUT2D eigenvalue weighted by atomic mass is 10.1. The summed E-state index contributed by atoms with van der Waals surface area (Å²) in [6.45, 7) is 0. The Morgan fingerprint density at radius 1 is 1.29 bits per heavy atom. The number of nitrogens with zero attached hydrogens (tertiary/aromatic N) is 4. The van der Waals surface area contributed by atoms with E-state index in [0.29, 0.717) is 5.06 Å². The lowest BCUT2D eigenvalue weighted by Crippen LogP contribution is -2.46. The van der Waals surface area contributed by atoms with Crippen LogP contribution >= 0.6 is 0 Å². The van der Waals surface area contributed by atoms with E-state index in [1.807, 2.05) is 6.07 Å². The summed E-state index contributed by atoms with van der Waals surface area (Å²) in [6, 6.07) is 1.38. The summed E-state index contributed by atoms with van der Waals surface area (Å²) in [5.74, 6) is -2.34. The fourth-order valence-corrected chi connectivity index (χ4v) is 1.91. The first-order valence-electron chi connectivity index (χ1n) is 6.07. The molecule has 0 spiro atoms. The second-order valence-electron chi connectivity index (χ2n) is 4.27. The predicted molar refractivity (Wildman–Crippen MR) is 66.1 cm³/mol. The zero-order chi connectivity index (χ0) is 15.4. The second kappa shape index (κ2) is 5.88. The number of hydroxylamine groups is 2. The number of nitriles is 2. The van der Waals surface area contributed by atoms with E-state index in [-0.39, 0.29) is 12.8 Å². The third-order valence-electron chi connectivity index (χ3n) is 2.95. The molecule has 0 aliphatic carbocycles. The van der Waals surface area contributed by atoms with Crippen LogP contribution in [-0.2, 0) is 19.2 Å². The maximum Gasteiger partial charge on any atom is 0.369 e. The monoisotopic (exact) mass is 286 g/mol. The van der Waals surface area contributed by atoms with Crippen LogP contribution in [0.4, 0.5) is 0 Å². The molecule has 0 radical (unpaired) electrons. The highest BCUT2D eigenvalue weighted by atomic mass is 16.7. The Hall–Kier alpha value is -3.13. The highest BCUT2D eigenvalue weighted by molar-refractivity contribution is 6.01. The van der Waals surface area contributed by atoms with Gasteiger partial charge in [0.15, 0.2) is 0 Å². The van der Waals surface area contributed by atoms with Gasteiger partial charge < -0.3 is 9.74 Å². The minimum absolute atomic E-state index is 0.0312. The van der Waals surface area contributed by atoms with Crippen LogP contribution in [0.3, 0.4) is 0 Å². The van der Waals surface area contributed by atoms with Crippen LogP contribution in [0.5, 0.6) is 0 Å². The quantitative estimate of drug-likeness (QED) is 0.658. The normalized spacial score (nSPS) is 21.9. The number of hydrogen-bond acceptors (Lipinski definition) is 7. The highest BCUT2D eigenvalue weighted by Gasteiger charge is 2.37. The molecule has 0 aromatic carbocycles. The van der Waals surface area contributed by atoms with E-state index >= 15 is 0 Å². The topological polar surface area (TPSA) is 114 Å². The third-order valence-corrected chi connectivity index (χ3v) is 2.95. The van der Waals surface area contributed by atoms with Gasteiger partial charge in [0.25, 0.3) is 11.8 Å². The molecule has 106 valence electrons. The summed E-state index contributed by atoms with van der Waals surface area (Å²) in [6.07, 6.45) is 6.00. The van der Waals surface area contributed by atoms with Gasteiger partial charge in [0.2, 0.25) is 6.04 Å². The number of carbonyl (C=O) groups excluding carboxylic acids is 3. The Kier molecular flexibility index (Phi) is 4.00. The zero-order valence-electron chi connectivity index (χ0n) is 10.8. The van der Waals surface area contributed by atoms with Crippen molar-refractivity contribution in [3.63, 3.8) is 0 Å². The number of imide groups is 1. The summed E-state index contributed by atoms with van der Waals surface area (Å²) in [4.78, 5) is 40.6. The van der Waals surface area contributed by atoms with Gasteiger partial charge in [-0.1, -0.05) is 6.08 Å². The molecule has 0 bridgehead atoms. The maximum absolute atomic E-state index is 12.0. The Bertz CT molecular complexity index is 609. The smallest absolute Gasteiger partial charge is 0.333 e. The molecule has 1 fully saturated rings. The molecule has 2 atom stereocenters. The molecule has 2 unspecified atom stereocenters. The number of allylic oxidation sites excluding steroid dienone is 2. The Morgan fingerprint density at radius 3 is 2.52 bits per heavy atom. The molecule has 8 heteroatoms. The van der Waals surface area contributed by atoms with Crippen LogP contribution < -0.4 is 0 Å². The number of carbonyl (C=O) groups is 3. The molecule has 21 heavy (non-hydrogen) atoms. The zero-order valence-corrected chi connectivity index (χ0v) is 10.8. The van der Waals surface area contributed by atoms with Crippen LogP contribution in [0, 0.1) is 22.7 Å². The van der Waals surface area contributed by atoms with Crippen molar-refractivity contribution in [3.8, 4) is 12.1 Å². The van der Waals surface area contributed by atoms with Crippen molar-refractivity contribution in [1.82, 2.24) is 9.96 Å². The summed E-state index contributed by atoms with van der Waals surface area (Å²) in [7, 11) is 0. The Labute approximate surface area is 120 Å². The van der Waals surface area contributed by atoms with E-state index < -0.39 is 29.9 Å². The molecular weight excluding hydrogens is 276 g/mol. The molecule has 2 rings (SSSR count). The lowest BCUT2D eigenvalue weighted by Gasteiger charge is -2.28. The highest BCUT2D eigenvalue weighted by Crippen LogP contribution is 2.17. The molecule has 2 heterocycles. The van der Waals surface area contributed by atoms with Crippen molar-refractivity contribution in [3.05, 3.63) is 24.4 Å². The summed E-state index contributed by atoms with van der Waals surface area (Å²) < 4.78 is 0. The first kappa shape index (κ1) is 14.3. The summed E-state index contributed by atoms with van der Waals surface area (Å²) in [5, 5.41) is 18.5. The molecule has 0 aromatic heterocycles. The molecule has 8 nitrogen and oxygen atoms in total. The SMILES string of the molecule is N#CC1C=CC=CN1C(C#N)C(=O)ON1C(=O)CCC1=O. The summed E-state index contributed by atoms with van der Waals surface area (Å²) in [5.41, 5.74) is 0. The van der Waals surface area contributed by atoms with Gasteiger partial charge in [-0.3, -0.25) is 9.59 Å². The second-order valence-corrected chi connectivity index (χ2v) is 4.27. The lowest BCUT2D eigenvalue weighted by molar-refractivity contribution is -0.199. The average molecular weight is 286 g/mol. The van der Waals surface area contributed by atoms with Crippen LogP contribution in [0.25, 0.3) is 0 Å². The van der Waals surface area contributed by atoms with E-state index in [9.17, 15) is 14.4 Å². The van der Waals surface area contributed by atoms with E-state index in [2.05, 4.69) is 0 Å². The van der Waals surface area contributed by atoms with Crippen LogP contribution in [0.2, 0.25) is 0 Å². The van der Waals surface area contributed by atoms with Gasteiger partial charge >= 0.3 is 5.97 Å². The van der Waals surface area contributed by atoms with Crippen LogP contribution in [0.15, 0.2) is 24.4 Å². The fourth-order valence-electron chi connectivity index (χ4n) is 1.91. The third kappa shape index (κ3) is 2.74. The molecular formula is C13H10N4O4. The molecule has 0 saturated carbocycles. The van der Waals surface area contributed by atoms with E-state index in [1.54, 1.807) is 18.2 Å². The first-order chi connectivity index (χ1) is 10.1. The van der Waals surface area contributed by atoms with Gasteiger partial charge in [-0.15, -0.1) is 5.06 Å². The standard InChI is InChI=1S/C13H10N4O4/c14-7-9-3-1-2-6-16(9)10(8-15)13(20)21-17-11(18)4-5-12(17)19/h1-3,6,9-10H,4-5H2. The summed E-state index contributed by atoms with van der Waals surface area (Å²) >= 11 is 0. The minimum Gasteiger partial charge on any atom is -0.333 e. The number of hydrogen-bond donors (Lipinski definition) is 0. The van der Waals surface area contributed by atoms with Crippen molar-refractivity contribution in [1.29, 1.82) is 10.5 Å². The van der Waals surface area contributed by atoms with Gasteiger partial charge in [-0.25, -0.2) is 4.79 Å². The van der Waals surface area contributed by atoms with E-state index in [4.69, 9.17) is 15.4 Å². The largest absolute Gasteiger partial charge is 0.369 e. The molecule has 0 aromatic rings. The molecule has 2 aliphatic heterocycles. The van der Waals surface area contributed by atoms with Gasteiger partial charge in [0.05, 0.1) is 12.1 Å². The minimum atomic E-state index is -1.43. The van der Waals surface area contributed by atoms with Gasteiger partial charge in [0.1, 0.15) is 6.04 Å². The van der Waals surface area contributed by atoms with Crippen molar-refractivity contribution < 1.29 is 19.2 Å². The van der Waals surface area contributed by atoms with E-state index in [0.717, 1.165) is 0 Å². The van der Waals surface area contributed by atoms with Gasteiger partial charge in [-0.05, 0) is 12.2 Å². The average Bonchev–Trinajstić information content (AvgIpc) is 2.80. The van der Waals surface area contributed by atoms with Crippen molar-refractivity contribution >= 4 is 17.8 Å².